The van der Waals surface area contributed by atoms with Gasteiger partial charge in [-0.15, -0.1) is 0 Å². The zero-order valence-corrected chi connectivity index (χ0v) is 16.4. The van der Waals surface area contributed by atoms with Gasteiger partial charge in [0, 0.05) is 44.4 Å². The predicted octanol–water partition coefficient (Wildman–Crippen LogP) is 1.54. The molecule has 4 rings (SSSR count). The van der Waals surface area contributed by atoms with E-state index in [4.69, 9.17) is 5.73 Å². The number of nitrogens with zero attached hydrogens (tertiary/aromatic N) is 2. The first-order valence-corrected chi connectivity index (χ1v) is 9.73. The zero-order chi connectivity index (χ0) is 20.5. The Morgan fingerprint density at radius 1 is 1.14 bits per heavy atom. The van der Waals surface area contributed by atoms with E-state index in [1.807, 2.05) is 49.5 Å². The summed E-state index contributed by atoms with van der Waals surface area (Å²) >= 11 is 0. The number of rotatable bonds is 5. The minimum absolute atomic E-state index is 0.147. The maximum absolute atomic E-state index is 12.9. The van der Waals surface area contributed by atoms with Crippen LogP contribution in [0.2, 0.25) is 0 Å². The van der Waals surface area contributed by atoms with Gasteiger partial charge < -0.3 is 15.5 Å². The molecule has 0 radical (unpaired) electrons. The fraction of sp³-hybridized carbons (Fsp3) is 0.318. The molecule has 29 heavy (non-hydrogen) atoms. The summed E-state index contributed by atoms with van der Waals surface area (Å²) in [6.07, 6.45) is 0.623. The molecular formula is C22H24N4O3. The van der Waals surface area contributed by atoms with Crippen molar-refractivity contribution in [3.8, 4) is 0 Å². The first-order chi connectivity index (χ1) is 14.0. The van der Waals surface area contributed by atoms with E-state index < -0.39 is 6.04 Å². The van der Waals surface area contributed by atoms with Gasteiger partial charge in [0.2, 0.25) is 11.8 Å². The standard InChI is InChI=1S/C22H24N4O3/c1-25(16-7-5-14(11-23)6-8-16)12-15-3-2-4-17-18(15)13-26(22(17)29)19-9-10-20(27)24-21(19)28/h2-8,19H,9-13,23H2,1H3,(H,24,27,28). The number of fused-ring (bicyclic) bond motifs is 1. The number of carbonyl (C=O) groups is 3. The maximum atomic E-state index is 12.9. The van der Waals surface area contributed by atoms with Crippen LogP contribution >= 0.6 is 0 Å². The largest absolute Gasteiger partial charge is 0.370 e. The van der Waals surface area contributed by atoms with Crippen LogP contribution in [0.1, 0.15) is 39.9 Å². The Morgan fingerprint density at radius 2 is 1.90 bits per heavy atom. The molecule has 150 valence electrons. The van der Waals surface area contributed by atoms with Crippen molar-refractivity contribution in [2.24, 2.45) is 5.73 Å². The average molecular weight is 392 g/mol. The van der Waals surface area contributed by atoms with Crippen LogP contribution in [0, 0.1) is 0 Å². The number of benzene rings is 2. The van der Waals surface area contributed by atoms with Crippen molar-refractivity contribution in [3.05, 3.63) is 64.7 Å². The number of hydrogen-bond donors (Lipinski definition) is 2. The summed E-state index contributed by atoms with van der Waals surface area (Å²) in [6.45, 7) is 1.53. The van der Waals surface area contributed by atoms with Crippen molar-refractivity contribution >= 4 is 23.4 Å². The quantitative estimate of drug-likeness (QED) is 0.753. The van der Waals surface area contributed by atoms with Crippen molar-refractivity contribution in [2.45, 2.75) is 38.5 Å². The Kier molecular flexibility index (Phi) is 5.07. The summed E-state index contributed by atoms with van der Waals surface area (Å²) < 4.78 is 0. The number of carbonyl (C=O) groups excluding carboxylic acids is 3. The first-order valence-electron chi connectivity index (χ1n) is 9.73. The van der Waals surface area contributed by atoms with Crippen molar-refractivity contribution in [3.63, 3.8) is 0 Å². The first kappa shape index (κ1) is 19.1. The van der Waals surface area contributed by atoms with Gasteiger partial charge in [-0.1, -0.05) is 24.3 Å². The molecule has 1 unspecified atom stereocenters. The van der Waals surface area contributed by atoms with Crippen molar-refractivity contribution in [1.29, 1.82) is 0 Å². The molecule has 2 aromatic carbocycles. The maximum Gasteiger partial charge on any atom is 0.255 e. The van der Waals surface area contributed by atoms with E-state index in [1.165, 1.54) is 0 Å². The summed E-state index contributed by atoms with van der Waals surface area (Å²) in [5.74, 6) is -0.814. The van der Waals surface area contributed by atoms with Crippen LogP contribution in [-0.4, -0.2) is 35.7 Å². The third-order valence-electron chi connectivity index (χ3n) is 5.70. The van der Waals surface area contributed by atoms with Crippen LogP contribution < -0.4 is 16.0 Å². The lowest BCUT2D eigenvalue weighted by Gasteiger charge is -2.29. The topological polar surface area (TPSA) is 95.7 Å². The number of nitrogens with one attached hydrogen (secondary N) is 1. The molecule has 3 amide bonds. The number of anilines is 1. The van der Waals surface area contributed by atoms with E-state index in [-0.39, 0.29) is 24.1 Å². The summed E-state index contributed by atoms with van der Waals surface area (Å²) in [6, 6.07) is 13.2. The Bertz CT molecular complexity index is 971. The van der Waals surface area contributed by atoms with E-state index >= 15 is 0 Å². The lowest BCUT2D eigenvalue weighted by molar-refractivity contribution is -0.136. The van der Waals surface area contributed by atoms with Gasteiger partial charge in [0.25, 0.3) is 5.91 Å². The Morgan fingerprint density at radius 3 is 2.59 bits per heavy atom. The van der Waals surface area contributed by atoms with Gasteiger partial charge in [0.05, 0.1) is 0 Å². The molecule has 0 saturated carbocycles. The monoisotopic (exact) mass is 392 g/mol. The van der Waals surface area contributed by atoms with E-state index in [0.29, 0.717) is 31.6 Å². The Hall–Kier alpha value is -3.19. The molecule has 1 fully saturated rings. The number of imide groups is 1. The molecule has 0 aromatic heterocycles. The van der Waals surface area contributed by atoms with Crippen molar-refractivity contribution < 1.29 is 14.4 Å². The fourth-order valence-corrected chi connectivity index (χ4v) is 4.03. The molecule has 0 aliphatic carbocycles. The third kappa shape index (κ3) is 3.61. The lowest BCUT2D eigenvalue weighted by atomic mass is 10.0. The van der Waals surface area contributed by atoms with Gasteiger partial charge in [-0.3, -0.25) is 19.7 Å². The molecule has 7 heteroatoms. The van der Waals surface area contributed by atoms with Gasteiger partial charge in [0.1, 0.15) is 6.04 Å². The van der Waals surface area contributed by atoms with E-state index in [1.54, 1.807) is 4.90 Å². The van der Waals surface area contributed by atoms with E-state index in [0.717, 1.165) is 22.4 Å². The second-order valence-electron chi connectivity index (χ2n) is 7.57. The molecule has 7 nitrogen and oxygen atoms in total. The summed E-state index contributed by atoms with van der Waals surface area (Å²) in [4.78, 5) is 40.3. The molecule has 1 saturated heterocycles. The van der Waals surface area contributed by atoms with E-state index in [2.05, 4.69) is 10.2 Å². The van der Waals surface area contributed by atoms with Gasteiger partial charge in [-0.25, -0.2) is 0 Å². The zero-order valence-electron chi connectivity index (χ0n) is 16.4. The fourth-order valence-electron chi connectivity index (χ4n) is 4.03. The highest BCUT2D eigenvalue weighted by Crippen LogP contribution is 2.31. The highest BCUT2D eigenvalue weighted by molar-refractivity contribution is 6.05. The molecule has 3 N–H and O–H groups in total. The van der Waals surface area contributed by atoms with Crippen LogP contribution in [0.5, 0.6) is 0 Å². The number of amides is 3. The van der Waals surface area contributed by atoms with Gasteiger partial charge >= 0.3 is 0 Å². The number of piperidine rings is 1. The number of nitrogens with two attached hydrogens (primary N) is 1. The van der Waals surface area contributed by atoms with E-state index in [9.17, 15) is 14.4 Å². The molecule has 0 spiro atoms. The summed E-state index contributed by atoms with van der Waals surface area (Å²) in [7, 11) is 2.01. The average Bonchev–Trinajstić information content (AvgIpc) is 3.05. The minimum Gasteiger partial charge on any atom is -0.370 e. The Balaban J connectivity index is 1.55. The molecule has 2 aromatic rings. The summed E-state index contributed by atoms with van der Waals surface area (Å²) in [5.41, 5.74) is 10.4. The van der Waals surface area contributed by atoms with Crippen LogP contribution in [0.25, 0.3) is 0 Å². The van der Waals surface area contributed by atoms with Gasteiger partial charge in [-0.2, -0.15) is 0 Å². The highest BCUT2D eigenvalue weighted by atomic mass is 16.2. The lowest BCUT2D eigenvalue weighted by Crippen LogP contribution is -2.52. The second-order valence-corrected chi connectivity index (χ2v) is 7.57. The second kappa shape index (κ2) is 7.67. The van der Waals surface area contributed by atoms with Crippen LogP contribution in [0.15, 0.2) is 42.5 Å². The normalized spacial score (nSPS) is 18.6. The van der Waals surface area contributed by atoms with Gasteiger partial charge in [-0.05, 0) is 41.3 Å². The third-order valence-corrected chi connectivity index (χ3v) is 5.70. The van der Waals surface area contributed by atoms with Gasteiger partial charge in [0.15, 0.2) is 0 Å². The molecule has 2 aliphatic heterocycles. The molecule has 0 bridgehead atoms. The highest BCUT2D eigenvalue weighted by Gasteiger charge is 2.39. The molecular weight excluding hydrogens is 368 g/mol. The van der Waals surface area contributed by atoms with Crippen molar-refractivity contribution in [1.82, 2.24) is 10.2 Å². The molecule has 1 atom stereocenters. The molecule has 2 heterocycles. The summed E-state index contributed by atoms with van der Waals surface area (Å²) in [5, 5.41) is 2.34. The van der Waals surface area contributed by atoms with Crippen molar-refractivity contribution in [2.75, 3.05) is 11.9 Å². The Labute approximate surface area is 169 Å². The number of hydrogen-bond acceptors (Lipinski definition) is 5. The van der Waals surface area contributed by atoms with Crippen LogP contribution in [0.4, 0.5) is 5.69 Å². The SMILES string of the molecule is CN(Cc1cccc2c1CN(C1CCC(=O)NC1=O)C2=O)c1ccc(CN)cc1. The molecule has 2 aliphatic rings. The van der Waals surface area contributed by atoms with Crippen LogP contribution in [-0.2, 0) is 29.2 Å². The predicted molar refractivity (Wildman–Crippen MR) is 109 cm³/mol. The van der Waals surface area contributed by atoms with Crippen LogP contribution in [0.3, 0.4) is 0 Å². The smallest absolute Gasteiger partial charge is 0.255 e. The minimum atomic E-state index is -0.595.